The van der Waals surface area contributed by atoms with Crippen molar-refractivity contribution in [2.45, 2.75) is 77.3 Å². The molecule has 0 radical (unpaired) electrons. The summed E-state index contributed by atoms with van der Waals surface area (Å²) in [6, 6.07) is 2.02. The molecule has 1 aromatic heterocycles. The monoisotopic (exact) mass is 277 g/mol. The number of nitrogens with one attached hydrogen (secondary N) is 2. The third-order valence-electron chi connectivity index (χ3n) is 4.00. The lowest BCUT2D eigenvalue weighted by Crippen LogP contribution is -2.25. The van der Waals surface area contributed by atoms with E-state index in [1.54, 1.807) is 6.07 Å². The van der Waals surface area contributed by atoms with Crippen molar-refractivity contribution in [1.29, 1.82) is 0 Å². The fraction of sp³-hybridized carbons (Fsp3) is 0.750. The predicted octanol–water partition coefficient (Wildman–Crippen LogP) is 3.10. The van der Waals surface area contributed by atoms with E-state index in [1.807, 2.05) is 0 Å². The Morgan fingerprint density at radius 1 is 1.25 bits per heavy atom. The normalized spacial score (nSPS) is 17.9. The van der Waals surface area contributed by atoms with Crippen molar-refractivity contribution in [1.82, 2.24) is 15.3 Å². The SMILES string of the molecule is CC(C)NCc1cc(=O)[nH]c(C2CCCCCCC2)n1. The Morgan fingerprint density at radius 2 is 1.90 bits per heavy atom. The molecule has 0 bridgehead atoms. The zero-order valence-electron chi connectivity index (χ0n) is 12.7. The second-order valence-corrected chi connectivity index (χ2v) is 6.20. The van der Waals surface area contributed by atoms with Crippen molar-refractivity contribution in [3.05, 3.63) is 27.9 Å². The number of H-pyrrole nitrogens is 1. The summed E-state index contributed by atoms with van der Waals surface area (Å²) in [5.74, 6) is 1.34. The molecular formula is C16H27N3O. The highest BCUT2D eigenvalue weighted by atomic mass is 16.1. The van der Waals surface area contributed by atoms with E-state index in [0.29, 0.717) is 18.5 Å². The van der Waals surface area contributed by atoms with Gasteiger partial charge >= 0.3 is 0 Å². The molecule has 0 aliphatic heterocycles. The van der Waals surface area contributed by atoms with E-state index in [9.17, 15) is 4.79 Å². The van der Waals surface area contributed by atoms with Crippen molar-refractivity contribution >= 4 is 0 Å². The summed E-state index contributed by atoms with van der Waals surface area (Å²) in [4.78, 5) is 19.5. The van der Waals surface area contributed by atoms with Crippen LogP contribution in [-0.4, -0.2) is 16.0 Å². The molecule has 1 saturated carbocycles. The van der Waals surface area contributed by atoms with E-state index in [2.05, 4.69) is 29.1 Å². The van der Waals surface area contributed by atoms with Gasteiger partial charge in [0.15, 0.2) is 0 Å². The molecule has 4 heteroatoms. The summed E-state index contributed by atoms with van der Waals surface area (Å²) in [7, 11) is 0. The minimum atomic E-state index is -0.0161. The van der Waals surface area contributed by atoms with Gasteiger partial charge in [-0.1, -0.05) is 46.0 Å². The van der Waals surface area contributed by atoms with Crippen molar-refractivity contribution in [3.63, 3.8) is 0 Å². The first-order chi connectivity index (χ1) is 9.65. The molecule has 0 atom stereocenters. The number of aromatic amines is 1. The highest BCUT2D eigenvalue weighted by Gasteiger charge is 2.16. The second kappa shape index (κ2) is 7.58. The standard InChI is InChI=1S/C16H27N3O/c1-12(2)17-11-14-10-15(20)19-16(18-14)13-8-6-4-3-5-7-9-13/h10,12-13,17H,3-9,11H2,1-2H3,(H,18,19,20). The highest BCUT2D eigenvalue weighted by molar-refractivity contribution is 5.06. The van der Waals surface area contributed by atoms with Crippen LogP contribution in [-0.2, 0) is 6.54 Å². The third-order valence-corrected chi connectivity index (χ3v) is 4.00. The lowest BCUT2D eigenvalue weighted by Gasteiger charge is -2.19. The molecule has 2 rings (SSSR count). The largest absolute Gasteiger partial charge is 0.310 e. The molecule has 4 nitrogen and oxygen atoms in total. The van der Waals surface area contributed by atoms with Crippen molar-refractivity contribution in [2.75, 3.05) is 0 Å². The lowest BCUT2D eigenvalue weighted by molar-refractivity contribution is 0.440. The van der Waals surface area contributed by atoms with Crippen LogP contribution >= 0.6 is 0 Å². The molecule has 0 unspecified atom stereocenters. The van der Waals surface area contributed by atoms with Gasteiger partial charge in [-0.3, -0.25) is 4.79 Å². The Morgan fingerprint density at radius 3 is 2.55 bits per heavy atom. The van der Waals surface area contributed by atoms with Gasteiger partial charge in [0.05, 0.1) is 5.69 Å². The van der Waals surface area contributed by atoms with Gasteiger partial charge in [0, 0.05) is 24.6 Å². The summed E-state index contributed by atoms with van der Waals surface area (Å²) in [6.07, 6.45) is 8.80. The first-order valence-electron chi connectivity index (χ1n) is 7.98. The first-order valence-corrected chi connectivity index (χ1v) is 7.98. The number of rotatable bonds is 4. The molecule has 0 aromatic carbocycles. The Balaban J connectivity index is 2.11. The molecule has 1 heterocycles. The summed E-state index contributed by atoms with van der Waals surface area (Å²) in [5.41, 5.74) is 0.845. The first kappa shape index (κ1) is 15.2. The Kier molecular flexibility index (Phi) is 5.77. The Labute approximate surface area is 121 Å². The van der Waals surface area contributed by atoms with Crippen LogP contribution in [0.2, 0.25) is 0 Å². The number of hydrogen-bond acceptors (Lipinski definition) is 3. The smallest absolute Gasteiger partial charge is 0.251 e. The summed E-state index contributed by atoms with van der Waals surface area (Å²) < 4.78 is 0. The molecule has 1 aliphatic rings. The minimum absolute atomic E-state index is 0.0161. The van der Waals surface area contributed by atoms with E-state index < -0.39 is 0 Å². The molecule has 1 aromatic rings. The van der Waals surface area contributed by atoms with Crippen LogP contribution in [0.4, 0.5) is 0 Å². The Hall–Kier alpha value is -1.16. The highest BCUT2D eigenvalue weighted by Crippen LogP contribution is 2.28. The molecule has 0 spiro atoms. The van der Waals surface area contributed by atoms with Gasteiger partial charge in [-0.15, -0.1) is 0 Å². The topological polar surface area (TPSA) is 57.8 Å². The lowest BCUT2D eigenvalue weighted by atomic mass is 9.90. The zero-order chi connectivity index (χ0) is 14.4. The van der Waals surface area contributed by atoms with Gasteiger partial charge in [-0.05, 0) is 12.8 Å². The molecule has 0 saturated heterocycles. The van der Waals surface area contributed by atoms with Crippen LogP contribution in [0.5, 0.6) is 0 Å². The van der Waals surface area contributed by atoms with Crippen molar-refractivity contribution in [3.8, 4) is 0 Å². The fourth-order valence-electron chi connectivity index (χ4n) is 2.85. The van der Waals surface area contributed by atoms with E-state index >= 15 is 0 Å². The van der Waals surface area contributed by atoms with Gasteiger partial charge in [-0.2, -0.15) is 0 Å². The van der Waals surface area contributed by atoms with Gasteiger partial charge in [0.1, 0.15) is 5.82 Å². The quantitative estimate of drug-likeness (QED) is 0.889. The maximum Gasteiger partial charge on any atom is 0.251 e. The predicted molar refractivity (Wildman–Crippen MR) is 81.9 cm³/mol. The van der Waals surface area contributed by atoms with E-state index in [1.165, 1.54) is 32.1 Å². The summed E-state index contributed by atoms with van der Waals surface area (Å²) in [5, 5.41) is 3.33. The number of nitrogens with zero attached hydrogens (tertiary/aromatic N) is 1. The molecule has 112 valence electrons. The summed E-state index contributed by atoms with van der Waals surface area (Å²) in [6.45, 7) is 4.87. The van der Waals surface area contributed by atoms with E-state index in [0.717, 1.165) is 24.4 Å². The van der Waals surface area contributed by atoms with E-state index in [4.69, 9.17) is 0 Å². The molecular weight excluding hydrogens is 250 g/mol. The average molecular weight is 277 g/mol. The Bertz CT molecular complexity index is 459. The van der Waals surface area contributed by atoms with E-state index in [-0.39, 0.29) is 5.56 Å². The number of aromatic nitrogens is 2. The average Bonchev–Trinajstić information content (AvgIpc) is 2.35. The van der Waals surface area contributed by atoms with Gasteiger partial charge in [-0.25, -0.2) is 4.98 Å². The zero-order valence-corrected chi connectivity index (χ0v) is 12.7. The maximum absolute atomic E-state index is 11.8. The molecule has 20 heavy (non-hydrogen) atoms. The van der Waals surface area contributed by atoms with Crippen LogP contribution in [0.15, 0.2) is 10.9 Å². The molecule has 2 N–H and O–H groups in total. The molecule has 0 amide bonds. The second-order valence-electron chi connectivity index (χ2n) is 6.20. The minimum Gasteiger partial charge on any atom is -0.310 e. The maximum atomic E-state index is 11.8. The third kappa shape index (κ3) is 4.75. The van der Waals surface area contributed by atoms with Crippen molar-refractivity contribution in [2.24, 2.45) is 0 Å². The van der Waals surface area contributed by atoms with Gasteiger partial charge in [0.2, 0.25) is 0 Å². The molecule has 1 fully saturated rings. The van der Waals surface area contributed by atoms with Crippen LogP contribution in [0.1, 0.15) is 76.2 Å². The van der Waals surface area contributed by atoms with Gasteiger partial charge < -0.3 is 10.3 Å². The van der Waals surface area contributed by atoms with Crippen LogP contribution < -0.4 is 10.9 Å². The molecule has 1 aliphatic carbocycles. The van der Waals surface area contributed by atoms with Crippen LogP contribution in [0.3, 0.4) is 0 Å². The fourth-order valence-corrected chi connectivity index (χ4v) is 2.85. The van der Waals surface area contributed by atoms with Gasteiger partial charge in [0.25, 0.3) is 5.56 Å². The van der Waals surface area contributed by atoms with Crippen molar-refractivity contribution < 1.29 is 0 Å². The van der Waals surface area contributed by atoms with Crippen LogP contribution in [0.25, 0.3) is 0 Å². The number of hydrogen-bond donors (Lipinski definition) is 2. The summed E-state index contributed by atoms with van der Waals surface area (Å²) >= 11 is 0. The van der Waals surface area contributed by atoms with Crippen LogP contribution in [0, 0.1) is 0 Å².